The molecular formula is C19H25N5O. The van der Waals surface area contributed by atoms with Gasteiger partial charge in [0.2, 0.25) is 5.95 Å². The van der Waals surface area contributed by atoms with Crippen LogP contribution in [0.25, 0.3) is 0 Å². The maximum absolute atomic E-state index is 12.7. The number of rotatable bonds is 4. The molecule has 6 nitrogen and oxygen atoms in total. The molecule has 1 N–H and O–H groups in total. The number of amides is 1. The Balaban J connectivity index is 1.72. The number of aryl methyl sites for hydroxylation is 2. The second kappa shape index (κ2) is 7.61. The molecule has 6 heteroatoms. The predicted molar refractivity (Wildman–Crippen MR) is 99.2 cm³/mol. The average molecular weight is 339 g/mol. The van der Waals surface area contributed by atoms with Crippen molar-refractivity contribution in [3.8, 4) is 0 Å². The number of nitrogens with zero attached hydrogens (tertiary/aromatic N) is 4. The van der Waals surface area contributed by atoms with Crippen molar-refractivity contribution in [2.45, 2.75) is 20.8 Å². The molecule has 0 atom stereocenters. The van der Waals surface area contributed by atoms with Gasteiger partial charge >= 0.3 is 0 Å². The number of likely N-dealkylation sites (N-methyl/N-ethyl adjacent to an activating group) is 1. The lowest BCUT2D eigenvalue weighted by atomic mass is 10.1. The van der Waals surface area contributed by atoms with Crippen LogP contribution in [0.15, 0.2) is 30.5 Å². The molecule has 3 rings (SSSR count). The minimum atomic E-state index is -0.0261. The number of benzene rings is 1. The molecule has 1 aliphatic rings. The van der Waals surface area contributed by atoms with Gasteiger partial charge in [-0.1, -0.05) is 24.6 Å². The Kier molecular flexibility index (Phi) is 5.28. The first kappa shape index (κ1) is 17.4. The molecule has 0 bridgehead atoms. The first-order valence-corrected chi connectivity index (χ1v) is 8.76. The van der Waals surface area contributed by atoms with Crippen LogP contribution >= 0.6 is 0 Å². The fourth-order valence-corrected chi connectivity index (χ4v) is 3.04. The zero-order valence-electron chi connectivity index (χ0n) is 15.1. The van der Waals surface area contributed by atoms with E-state index in [1.165, 1.54) is 5.56 Å². The van der Waals surface area contributed by atoms with E-state index < -0.39 is 0 Å². The van der Waals surface area contributed by atoms with E-state index in [1.54, 1.807) is 12.3 Å². The molecule has 0 radical (unpaired) electrons. The maximum atomic E-state index is 12.7. The van der Waals surface area contributed by atoms with Gasteiger partial charge in [0, 0.05) is 38.1 Å². The molecule has 1 aromatic carbocycles. The lowest BCUT2D eigenvalue weighted by Crippen LogP contribution is -2.48. The van der Waals surface area contributed by atoms with E-state index in [4.69, 9.17) is 0 Å². The molecule has 2 aromatic rings. The summed E-state index contributed by atoms with van der Waals surface area (Å²) >= 11 is 0. The van der Waals surface area contributed by atoms with Gasteiger partial charge in [-0.3, -0.25) is 4.79 Å². The molecule has 0 unspecified atom stereocenters. The predicted octanol–water partition coefficient (Wildman–Crippen LogP) is 2.61. The summed E-state index contributed by atoms with van der Waals surface area (Å²) in [5.74, 6) is 0.423. The van der Waals surface area contributed by atoms with Gasteiger partial charge in [0.15, 0.2) is 0 Å². The van der Waals surface area contributed by atoms with Crippen LogP contribution in [-0.2, 0) is 0 Å². The second-order valence-corrected chi connectivity index (χ2v) is 6.44. The van der Waals surface area contributed by atoms with E-state index in [9.17, 15) is 4.79 Å². The highest BCUT2D eigenvalue weighted by Crippen LogP contribution is 2.19. The fraction of sp³-hybridized carbons (Fsp3) is 0.421. The Morgan fingerprint density at radius 1 is 1.16 bits per heavy atom. The van der Waals surface area contributed by atoms with Gasteiger partial charge in [-0.15, -0.1) is 0 Å². The summed E-state index contributed by atoms with van der Waals surface area (Å²) in [5.41, 5.74) is 3.72. The van der Waals surface area contributed by atoms with Gasteiger partial charge in [0.05, 0.1) is 0 Å². The van der Waals surface area contributed by atoms with Gasteiger partial charge in [-0.25, -0.2) is 9.97 Å². The average Bonchev–Trinajstić information content (AvgIpc) is 2.64. The van der Waals surface area contributed by atoms with E-state index >= 15 is 0 Å². The molecule has 1 saturated heterocycles. The van der Waals surface area contributed by atoms with Gasteiger partial charge in [-0.2, -0.15) is 0 Å². The standard InChI is InChI=1S/C19H25N5O/c1-4-23-9-11-24(12-10-23)18(25)17-7-8-20-19(22-17)21-16-6-5-14(2)13-15(16)3/h5-8,13H,4,9-12H2,1-3H3,(H,20,21,22). The van der Waals surface area contributed by atoms with Gasteiger partial charge in [0.1, 0.15) is 5.69 Å². The first-order valence-electron chi connectivity index (χ1n) is 8.76. The van der Waals surface area contributed by atoms with Gasteiger partial charge < -0.3 is 15.1 Å². The van der Waals surface area contributed by atoms with Crippen LogP contribution in [-0.4, -0.2) is 58.4 Å². The number of piperazine rings is 1. The second-order valence-electron chi connectivity index (χ2n) is 6.44. The maximum Gasteiger partial charge on any atom is 0.272 e. The Bertz CT molecular complexity index is 753. The van der Waals surface area contributed by atoms with Crippen LogP contribution in [0.3, 0.4) is 0 Å². The third-order valence-corrected chi connectivity index (χ3v) is 4.61. The Morgan fingerprint density at radius 3 is 2.60 bits per heavy atom. The Labute approximate surface area is 148 Å². The van der Waals surface area contributed by atoms with E-state index in [0.717, 1.165) is 44.0 Å². The zero-order valence-corrected chi connectivity index (χ0v) is 15.1. The topological polar surface area (TPSA) is 61.4 Å². The lowest BCUT2D eigenvalue weighted by Gasteiger charge is -2.33. The van der Waals surface area contributed by atoms with Crippen molar-refractivity contribution >= 4 is 17.5 Å². The van der Waals surface area contributed by atoms with Gasteiger partial charge in [0.25, 0.3) is 5.91 Å². The molecule has 0 aliphatic carbocycles. The molecule has 132 valence electrons. The van der Waals surface area contributed by atoms with Crippen molar-refractivity contribution in [3.05, 3.63) is 47.3 Å². The Hall–Kier alpha value is -2.47. The number of aromatic nitrogens is 2. The molecule has 1 aromatic heterocycles. The van der Waals surface area contributed by atoms with Crippen LogP contribution in [0.1, 0.15) is 28.5 Å². The highest BCUT2D eigenvalue weighted by Gasteiger charge is 2.22. The van der Waals surface area contributed by atoms with Crippen molar-refractivity contribution in [1.29, 1.82) is 0 Å². The minimum absolute atomic E-state index is 0.0261. The highest BCUT2D eigenvalue weighted by molar-refractivity contribution is 5.92. The third kappa shape index (κ3) is 4.14. The normalized spacial score (nSPS) is 15.2. The first-order chi connectivity index (χ1) is 12.1. The lowest BCUT2D eigenvalue weighted by molar-refractivity contribution is 0.0637. The smallest absolute Gasteiger partial charge is 0.272 e. The minimum Gasteiger partial charge on any atom is -0.335 e. The molecule has 1 fully saturated rings. The SMILES string of the molecule is CCN1CCN(C(=O)c2ccnc(Nc3ccc(C)cc3C)n2)CC1. The van der Waals surface area contributed by atoms with Crippen molar-refractivity contribution in [2.24, 2.45) is 0 Å². The summed E-state index contributed by atoms with van der Waals surface area (Å²) in [5, 5.41) is 3.21. The van der Waals surface area contributed by atoms with Crippen molar-refractivity contribution < 1.29 is 4.79 Å². The number of nitrogens with one attached hydrogen (secondary N) is 1. The molecule has 1 amide bonds. The number of hydrogen-bond acceptors (Lipinski definition) is 5. The van der Waals surface area contributed by atoms with Crippen molar-refractivity contribution in [3.63, 3.8) is 0 Å². The summed E-state index contributed by atoms with van der Waals surface area (Å²) in [6.07, 6.45) is 1.63. The van der Waals surface area contributed by atoms with Crippen LogP contribution in [0.5, 0.6) is 0 Å². The fourth-order valence-electron chi connectivity index (χ4n) is 3.04. The molecule has 0 spiro atoms. The molecule has 1 aliphatic heterocycles. The number of carbonyl (C=O) groups is 1. The summed E-state index contributed by atoms with van der Waals surface area (Å²) in [4.78, 5) is 25.6. The monoisotopic (exact) mass is 339 g/mol. The van der Waals surface area contributed by atoms with E-state index in [0.29, 0.717) is 11.6 Å². The van der Waals surface area contributed by atoms with Crippen molar-refractivity contribution in [2.75, 3.05) is 38.0 Å². The van der Waals surface area contributed by atoms with E-state index in [-0.39, 0.29) is 5.91 Å². The van der Waals surface area contributed by atoms with Gasteiger partial charge in [-0.05, 0) is 38.1 Å². The molecular weight excluding hydrogens is 314 g/mol. The Morgan fingerprint density at radius 2 is 1.92 bits per heavy atom. The zero-order chi connectivity index (χ0) is 17.8. The third-order valence-electron chi connectivity index (χ3n) is 4.61. The summed E-state index contributed by atoms with van der Waals surface area (Å²) in [6, 6.07) is 7.83. The largest absolute Gasteiger partial charge is 0.335 e. The van der Waals surface area contributed by atoms with Crippen LogP contribution < -0.4 is 5.32 Å². The van der Waals surface area contributed by atoms with Crippen LogP contribution in [0, 0.1) is 13.8 Å². The summed E-state index contributed by atoms with van der Waals surface area (Å²) in [6.45, 7) is 10.6. The van der Waals surface area contributed by atoms with Crippen molar-refractivity contribution in [1.82, 2.24) is 19.8 Å². The number of anilines is 2. The molecule has 2 heterocycles. The number of carbonyl (C=O) groups excluding carboxylic acids is 1. The van der Waals surface area contributed by atoms with Crippen LogP contribution in [0.2, 0.25) is 0 Å². The van der Waals surface area contributed by atoms with Crippen LogP contribution in [0.4, 0.5) is 11.6 Å². The number of hydrogen-bond donors (Lipinski definition) is 1. The van der Waals surface area contributed by atoms with E-state index in [2.05, 4.69) is 40.1 Å². The summed E-state index contributed by atoms with van der Waals surface area (Å²) in [7, 11) is 0. The molecule has 0 saturated carbocycles. The highest BCUT2D eigenvalue weighted by atomic mass is 16.2. The van der Waals surface area contributed by atoms with E-state index in [1.807, 2.05) is 24.0 Å². The quantitative estimate of drug-likeness (QED) is 0.928. The summed E-state index contributed by atoms with van der Waals surface area (Å²) < 4.78 is 0. The molecule has 25 heavy (non-hydrogen) atoms.